The molecule has 0 aliphatic heterocycles. The lowest BCUT2D eigenvalue weighted by molar-refractivity contribution is 0.103. The predicted molar refractivity (Wildman–Crippen MR) is 48.4 cm³/mol. The Morgan fingerprint density at radius 2 is 2.27 bits per heavy atom. The van der Waals surface area contributed by atoms with Gasteiger partial charge in [0.1, 0.15) is 0 Å². The molecule has 1 nitrogen and oxygen atoms in total. The first-order chi connectivity index (χ1) is 5.24. The summed E-state index contributed by atoms with van der Waals surface area (Å²) in [5.74, 6) is 0.0614. The maximum absolute atomic E-state index is 11.1. The topological polar surface area (TPSA) is 17.1 Å². The average Bonchev–Trinajstić information content (AvgIpc) is 2.03. The Morgan fingerprint density at radius 1 is 1.55 bits per heavy atom. The Labute approximate surface area is 74.6 Å². The molecule has 0 bridgehead atoms. The summed E-state index contributed by atoms with van der Waals surface area (Å²) in [5, 5.41) is 0. The molecule has 1 radical (unpaired) electrons. The molecule has 0 atom stereocenters. The van der Waals surface area contributed by atoms with E-state index in [9.17, 15) is 4.79 Å². The number of Topliss-reactive ketones (excluding diaryl/α,β-unsaturated/α-hetero) is 1. The van der Waals surface area contributed by atoms with Crippen LogP contribution in [0.2, 0.25) is 0 Å². The number of hydrogen-bond donors (Lipinski definition) is 0. The molecule has 0 fully saturated rings. The molecule has 0 saturated heterocycles. The maximum atomic E-state index is 11.1. The minimum absolute atomic E-state index is 0.0614. The van der Waals surface area contributed by atoms with Crippen molar-refractivity contribution in [1.82, 2.24) is 0 Å². The van der Waals surface area contributed by atoms with Gasteiger partial charge in [-0.15, -0.1) is 0 Å². The van der Waals surface area contributed by atoms with Crippen LogP contribution in [0, 0.1) is 6.42 Å². The first-order valence-electron chi connectivity index (χ1n) is 3.33. The molecular weight excluding hydrogens is 204 g/mol. The molecule has 0 heterocycles. The number of hydrogen-bond acceptors (Lipinski definition) is 1. The van der Waals surface area contributed by atoms with E-state index in [2.05, 4.69) is 15.9 Å². The summed E-state index contributed by atoms with van der Waals surface area (Å²) >= 11 is 3.29. The molecule has 0 saturated carbocycles. The Balaban J connectivity index is 2.96. The van der Waals surface area contributed by atoms with Crippen LogP contribution in [0.4, 0.5) is 0 Å². The maximum Gasteiger partial charge on any atom is 0.166 e. The predicted octanol–water partition coefficient (Wildman–Crippen LogP) is 2.86. The van der Waals surface area contributed by atoms with Crippen LogP contribution in [0.5, 0.6) is 0 Å². The van der Waals surface area contributed by atoms with Crippen molar-refractivity contribution in [2.24, 2.45) is 0 Å². The SMILES string of the molecule is C[CH]C(=O)c1cccc(Br)c1. The lowest BCUT2D eigenvalue weighted by Crippen LogP contribution is -1.95. The average molecular weight is 212 g/mol. The van der Waals surface area contributed by atoms with Gasteiger partial charge in [0.15, 0.2) is 5.78 Å². The summed E-state index contributed by atoms with van der Waals surface area (Å²) in [6.45, 7) is 1.74. The van der Waals surface area contributed by atoms with Crippen molar-refractivity contribution in [3.05, 3.63) is 40.7 Å². The van der Waals surface area contributed by atoms with Gasteiger partial charge >= 0.3 is 0 Å². The van der Waals surface area contributed by atoms with Crippen LogP contribution in [0.15, 0.2) is 28.7 Å². The van der Waals surface area contributed by atoms with Gasteiger partial charge in [0.25, 0.3) is 0 Å². The Hall–Kier alpha value is -0.630. The molecule has 0 N–H and O–H groups in total. The fourth-order valence-corrected chi connectivity index (χ4v) is 1.21. The van der Waals surface area contributed by atoms with Crippen LogP contribution in [0.3, 0.4) is 0 Å². The summed E-state index contributed by atoms with van der Waals surface area (Å²) in [4.78, 5) is 11.1. The van der Waals surface area contributed by atoms with Gasteiger partial charge in [-0.3, -0.25) is 4.79 Å². The van der Waals surface area contributed by atoms with Crippen molar-refractivity contribution >= 4 is 21.7 Å². The zero-order valence-electron chi connectivity index (χ0n) is 6.17. The molecule has 0 spiro atoms. The smallest absolute Gasteiger partial charge is 0.166 e. The number of carbonyl (C=O) groups is 1. The second-order valence-electron chi connectivity index (χ2n) is 2.16. The second-order valence-corrected chi connectivity index (χ2v) is 3.08. The van der Waals surface area contributed by atoms with Crippen LogP contribution >= 0.6 is 15.9 Å². The third kappa shape index (κ3) is 2.15. The number of ketones is 1. The highest BCUT2D eigenvalue weighted by Gasteiger charge is 2.01. The second kappa shape index (κ2) is 3.67. The van der Waals surface area contributed by atoms with Crippen molar-refractivity contribution in [2.45, 2.75) is 6.92 Å². The van der Waals surface area contributed by atoms with Gasteiger partial charge in [-0.05, 0) is 12.1 Å². The zero-order chi connectivity index (χ0) is 8.27. The van der Waals surface area contributed by atoms with E-state index in [1.807, 2.05) is 18.2 Å². The van der Waals surface area contributed by atoms with Gasteiger partial charge in [0.2, 0.25) is 0 Å². The fraction of sp³-hybridized carbons (Fsp3) is 0.111. The van der Waals surface area contributed by atoms with E-state index in [1.165, 1.54) is 0 Å². The molecule has 0 amide bonds. The van der Waals surface area contributed by atoms with Crippen molar-refractivity contribution < 1.29 is 4.79 Å². The van der Waals surface area contributed by atoms with Gasteiger partial charge in [-0.2, -0.15) is 0 Å². The van der Waals surface area contributed by atoms with Crippen LogP contribution in [0.25, 0.3) is 0 Å². The molecule has 0 aliphatic carbocycles. The molecule has 0 aromatic heterocycles. The van der Waals surface area contributed by atoms with E-state index in [1.54, 1.807) is 19.4 Å². The third-order valence-electron chi connectivity index (χ3n) is 1.37. The van der Waals surface area contributed by atoms with Crippen molar-refractivity contribution in [2.75, 3.05) is 0 Å². The third-order valence-corrected chi connectivity index (χ3v) is 1.86. The highest BCUT2D eigenvalue weighted by atomic mass is 79.9. The van der Waals surface area contributed by atoms with Crippen LogP contribution in [0.1, 0.15) is 17.3 Å². The fourth-order valence-electron chi connectivity index (χ4n) is 0.808. The van der Waals surface area contributed by atoms with Gasteiger partial charge in [0, 0.05) is 16.5 Å². The number of benzene rings is 1. The van der Waals surface area contributed by atoms with E-state index >= 15 is 0 Å². The summed E-state index contributed by atoms with van der Waals surface area (Å²) < 4.78 is 0.935. The van der Waals surface area contributed by atoms with E-state index in [4.69, 9.17) is 0 Å². The first-order valence-corrected chi connectivity index (χ1v) is 4.12. The highest BCUT2D eigenvalue weighted by Crippen LogP contribution is 2.12. The van der Waals surface area contributed by atoms with Crippen molar-refractivity contribution in [3.63, 3.8) is 0 Å². The monoisotopic (exact) mass is 211 g/mol. The van der Waals surface area contributed by atoms with Gasteiger partial charge in [0.05, 0.1) is 0 Å². The molecule has 1 aromatic carbocycles. The first kappa shape index (κ1) is 8.47. The summed E-state index contributed by atoms with van der Waals surface area (Å²) in [5.41, 5.74) is 0.724. The van der Waals surface area contributed by atoms with Gasteiger partial charge < -0.3 is 0 Å². The highest BCUT2D eigenvalue weighted by molar-refractivity contribution is 9.10. The minimum atomic E-state index is 0.0614. The van der Waals surface area contributed by atoms with Crippen LogP contribution < -0.4 is 0 Å². The molecule has 1 aromatic rings. The van der Waals surface area contributed by atoms with Crippen LogP contribution in [-0.2, 0) is 0 Å². The normalized spacial score (nSPS) is 9.64. The van der Waals surface area contributed by atoms with E-state index in [0.29, 0.717) is 0 Å². The number of rotatable bonds is 2. The lowest BCUT2D eigenvalue weighted by Gasteiger charge is -1.96. The lowest BCUT2D eigenvalue weighted by atomic mass is 10.1. The standard InChI is InChI=1S/C9H8BrO/c1-2-9(11)7-4-3-5-8(10)6-7/h2-6H,1H3. The Morgan fingerprint density at radius 3 is 2.82 bits per heavy atom. The van der Waals surface area contributed by atoms with E-state index in [0.717, 1.165) is 10.0 Å². The minimum Gasteiger partial charge on any atom is -0.294 e. The molecule has 0 unspecified atom stereocenters. The molecule has 1 rings (SSSR count). The van der Waals surface area contributed by atoms with Crippen molar-refractivity contribution in [3.8, 4) is 0 Å². The number of halogens is 1. The Bertz CT molecular complexity index is 268. The molecule has 0 aliphatic rings. The zero-order valence-corrected chi connectivity index (χ0v) is 7.76. The van der Waals surface area contributed by atoms with Crippen LogP contribution in [-0.4, -0.2) is 5.78 Å². The quantitative estimate of drug-likeness (QED) is 0.689. The summed E-state index contributed by atoms with van der Waals surface area (Å²) in [6.07, 6.45) is 1.56. The van der Waals surface area contributed by atoms with E-state index in [-0.39, 0.29) is 5.78 Å². The largest absolute Gasteiger partial charge is 0.294 e. The summed E-state index contributed by atoms with van der Waals surface area (Å²) in [7, 11) is 0. The molecule has 57 valence electrons. The molecule has 2 heteroatoms. The van der Waals surface area contributed by atoms with Gasteiger partial charge in [-0.1, -0.05) is 35.0 Å². The van der Waals surface area contributed by atoms with Crippen molar-refractivity contribution in [1.29, 1.82) is 0 Å². The number of carbonyl (C=O) groups excluding carboxylic acids is 1. The molecular formula is C9H8BrO. The molecule has 11 heavy (non-hydrogen) atoms. The van der Waals surface area contributed by atoms with Gasteiger partial charge in [-0.25, -0.2) is 0 Å². The van der Waals surface area contributed by atoms with E-state index < -0.39 is 0 Å². The Kier molecular flexibility index (Phi) is 2.83. The summed E-state index contributed by atoms with van der Waals surface area (Å²) in [6, 6.07) is 7.35.